The maximum Gasteiger partial charge on any atom is 0.246 e. The van der Waals surface area contributed by atoms with Crippen molar-refractivity contribution in [2.24, 2.45) is 7.05 Å². The third kappa shape index (κ3) is 3.63. The molecule has 140 valence electrons. The molecule has 0 spiro atoms. The number of pyridine rings is 1. The van der Waals surface area contributed by atoms with Gasteiger partial charge in [0.15, 0.2) is 0 Å². The summed E-state index contributed by atoms with van der Waals surface area (Å²) in [5.41, 5.74) is 1.05. The van der Waals surface area contributed by atoms with Gasteiger partial charge in [-0.05, 0) is 18.6 Å². The predicted molar refractivity (Wildman–Crippen MR) is 96.7 cm³/mol. The Hall–Kier alpha value is -2.26. The fourth-order valence-corrected chi connectivity index (χ4v) is 4.66. The number of nitrogens with zero attached hydrogens (tertiary/aromatic N) is 5. The van der Waals surface area contributed by atoms with E-state index in [-0.39, 0.29) is 10.8 Å². The Morgan fingerprint density at radius 3 is 2.58 bits per heavy atom. The normalized spacial score (nSPS) is 16.0. The van der Waals surface area contributed by atoms with Gasteiger partial charge < -0.3 is 4.90 Å². The fraction of sp³-hybridized carbons (Fsp3) is 0.471. The van der Waals surface area contributed by atoms with Crippen LogP contribution in [-0.2, 0) is 21.9 Å². The summed E-state index contributed by atoms with van der Waals surface area (Å²) >= 11 is 0. The summed E-state index contributed by atoms with van der Waals surface area (Å²) < 4.78 is 29.2. The Bertz CT molecular complexity index is 871. The van der Waals surface area contributed by atoms with Crippen LogP contribution in [0.15, 0.2) is 35.6 Å². The molecule has 2 aromatic rings. The third-order valence-electron chi connectivity index (χ3n) is 4.40. The van der Waals surface area contributed by atoms with Gasteiger partial charge in [-0.3, -0.25) is 14.5 Å². The molecule has 8 nitrogen and oxygen atoms in total. The maximum absolute atomic E-state index is 13.1. The highest BCUT2D eigenvalue weighted by atomic mass is 32.2. The van der Waals surface area contributed by atoms with Crippen LogP contribution < -0.4 is 0 Å². The number of hydrogen-bond acceptors (Lipinski definition) is 5. The molecule has 1 saturated heterocycles. The van der Waals surface area contributed by atoms with Crippen LogP contribution in [0.3, 0.4) is 0 Å². The van der Waals surface area contributed by atoms with Gasteiger partial charge in [0.25, 0.3) is 0 Å². The lowest BCUT2D eigenvalue weighted by Gasteiger charge is -2.34. The van der Waals surface area contributed by atoms with E-state index in [9.17, 15) is 13.2 Å². The van der Waals surface area contributed by atoms with Crippen LogP contribution in [0.2, 0.25) is 0 Å². The molecule has 26 heavy (non-hydrogen) atoms. The van der Waals surface area contributed by atoms with Gasteiger partial charge in [0.1, 0.15) is 10.6 Å². The average molecular weight is 377 g/mol. The number of aromatic nitrogens is 3. The standard InChI is InChI=1S/C17H23N5O3S/c1-3-5-16(23)21-8-10-22(11-9-21)26(24,25)15-13-20(2)19-17(15)14-6-4-7-18-12-14/h4,6-7,12-13H,3,5,8-11H2,1-2H3. The molecule has 3 heterocycles. The molecule has 3 rings (SSSR count). The van der Waals surface area contributed by atoms with E-state index in [1.54, 1.807) is 36.5 Å². The van der Waals surface area contributed by atoms with Crippen LogP contribution in [0.4, 0.5) is 0 Å². The van der Waals surface area contributed by atoms with Crippen LogP contribution in [-0.4, -0.2) is 64.5 Å². The lowest BCUT2D eigenvalue weighted by atomic mass is 10.2. The monoisotopic (exact) mass is 377 g/mol. The fourth-order valence-electron chi connectivity index (χ4n) is 3.05. The average Bonchev–Trinajstić information content (AvgIpc) is 3.05. The van der Waals surface area contributed by atoms with Crippen LogP contribution >= 0.6 is 0 Å². The molecule has 0 aromatic carbocycles. The number of carbonyl (C=O) groups is 1. The van der Waals surface area contributed by atoms with E-state index in [1.165, 1.54) is 15.2 Å². The molecule has 0 radical (unpaired) electrons. The number of rotatable bonds is 5. The van der Waals surface area contributed by atoms with Gasteiger partial charge in [0.2, 0.25) is 15.9 Å². The molecule has 0 atom stereocenters. The molecule has 0 aliphatic carbocycles. The second kappa shape index (κ2) is 7.55. The molecule has 9 heteroatoms. The van der Waals surface area contributed by atoms with Crippen molar-refractivity contribution in [3.05, 3.63) is 30.7 Å². The van der Waals surface area contributed by atoms with Crippen molar-refractivity contribution in [3.8, 4) is 11.3 Å². The first-order valence-electron chi connectivity index (χ1n) is 8.65. The molecule has 0 N–H and O–H groups in total. The minimum atomic E-state index is -3.70. The molecule has 2 aromatic heterocycles. The van der Waals surface area contributed by atoms with E-state index >= 15 is 0 Å². The Balaban J connectivity index is 1.83. The molecule has 0 unspecified atom stereocenters. The lowest BCUT2D eigenvalue weighted by molar-refractivity contribution is -0.132. The van der Waals surface area contributed by atoms with Crippen molar-refractivity contribution in [2.75, 3.05) is 26.2 Å². The second-order valence-electron chi connectivity index (χ2n) is 6.29. The molecular weight excluding hydrogens is 354 g/mol. The zero-order chi connectivity index (χ0) is 18.7. The highest BCUT2D eigenvalue weighted by Crippen LogP contribution is 2.28. The van der Waals surface area contributed by atoms with E-state index < -0.39 is 10.0 Å². The smallest absolute Gasteiger partial charge is 0.246 e. The summed E-state index contributed by atoms with van der Waals surface area (Å²) in [5, 5.41) is 4.32. The van der Waals surface area contributed by atoms with E-state index in [2.05, 4.69) is 10.1 Å². The number of sulfonamides is 1. The summed E-state index contributed by atoms with van der Waals surface area (Å²) in [5.74, 6) is 0.0852. The minimum absolute atomic E-state index is 0.0852. The van der Waals surface area contributed by atoms with E-state index in [1.807, 2.05) is 6.92 Å². The molecular formula is C17H23N5O3S. The minimum Gasteiger partial charge on any atom is -0.340 e. The van der Waals surface area contributed by atoms with E-state index in [0.29, 0.717) is 43.9 Å². The third-order valence-corrected chi connectivity index (χ3v) is 6.30. The Morgan fingerprint density at radius 1 is 1.23 bits per heavy atom. The number of hydrogen-bond donors (Lipinski definition) is 0. The Morgan fingerprint density at radius 2 is 1.96 bits per heavy atom. The van der Waals surface area contributed by atoms with E-state index in [0.717, 1.165) is 6.42 Å². The van der Waals surface area contributed by atoms with Crippen LogP contribution in [0.5, 0.6) is 0 Å². The molecule has 0 bridgehead atoms. The first-order chi connectivity index (χ1) is 12.4. The molecule has 1 aliphatic heterocycles. The van der Waals surface area contributed by atoms with Crippen molar-refractivity contribution < 1.29 is 13.2 Å². The van der Waals surface area contributed by atoms with Crippen molar-refractivity contribution in [1.82, 2.24) is 24.0 Å². The van der Waals surface area contributed by atoms with Crippen molar-refractivity contribution in [3.63, 3.8) is 0 Å². The Labute approximate surface area is 153 Å². The van der Waals surface area contributed by atoms with Crippen LogP contribution in [0, 0.1) is 0 Å². The van der Waals surface area contributed by atoms with Crippen molar-refractivity contribution in [2.45, 2.75) is 24.7 Å². The zero-order valence-electron chi connectivity index (χ0n) is 15.0. The molecule has 1 amide bonds. The summed E-state index contributed by atoms with van der Waals surface area (Å²) in [6.07, 6.45) is 6.05. The molecule has 1 aliphatic rings. The highest BCUT2D eigenvalue weighted by molar-refractivity contribution is 7.89. The summed E-state index contributed by atoms with van der Waals surface area (Å²) in [6.45, 7) is 3.38. The van der Waals surface area contributed by atoms with Gasteiger partial charge in [-0.15, -0.1) is 0 Å². The number of piperazine rings is 1. The SMILES string of the molecule is CCCC(=O)N1CCN(S(=O)(=O)c2cn(C)nc2-c2cccnc2)CC1. The highest BCUT2D eigenvalue weighted by Gasteiger charge is 2.33. The van der Waals surface area contributed by atoms with Gasteiger partial charge in [-0.1, -0.05) is 6.92 Å². The quantitative estimate of drug-likeness (QED) is 0.779. The topological polar surface area (TPSA) is 88.4 Å². The van der Waals surface area contributed by atoms with Crippen molar-refractivity contribution >= 4 is 15.9 Å². The van der Waals surface area contributed by atoms with Gasteiger partial charge in [0, 0.05) is 63.8 Å². The summed E-state index contributed by atoms with van der Waals surface area (Å²) in [4.78, 5) is 18.0. The Kier molecular flexibility index (Phi) is 5.38. The van der Waals surface area contributed by atoms with Crippen LogP contribution in [0.25, 0.3) is 11.3 Å². The number of amides is 1. The number of carbonyl (C=O) groups excluding carboxylic acids is 1. The van der Waals surface area contributed by atoms with Crippen molar-refractivity contribution in [1.29, 1.82) is 0 Å². The largest absolute Gasteiger partial charge is 0.340 e. The van der Waals surface area contributed by atoms with Crippen LogP contribution in [0.1, 0.15) is 19.8 Å². The van der Waals surface area contributed by atoms with E-state index in [4.69, 9.17) is 0 Å². The van der Waals surface area contributed by atoms with Gasteiger partial charge in [0.05, 0.1) is 0 Å². The van der Waals surface area contributed by atoms with Gasteiger partial charge >= 0.3 is 0 Å². The first kappa shape index (κ1) is 18.5. The number of aryl methyl sites for hydroxylation is 1. The molecule has 1 fully saturated rings. The predicted octanol–water partition coefficient (Wildman–Crippen LogP) is 1.12. The maximum atomic E-state index is 13.1. The zero-order valence-corrected chi connectivity index (χ0v) is 15.8. The summed E-state index contributed by atoms with van der Waals surface area (Å²) in [7, 11) is -2.00. The van der Waals surface area contributed by atoms with Gasteiger partial charge in [-0.2, -0.15) is 9.40 Å². The first-order valence-corrected chi connectivity index (χ1v) is 10.1. The lowest BCUT2D eigenvalue weighted by Crippen LogP contribution is -2.50. The van der Waals surface area contributed by atoms with Gasteiger partial charge in [-0.25, -0.2) is 8.42 Å². The summed E-state index contributed by atoms with van der Waals surface area (Å²) in [6, 6.07) is 3.54. The molecule has 0 saturated carbocycles. The second-order valence-corrected chi connectivity index (χ2v) is 8.20.